The Kier molecular flexibility index (Phi) is 3.27. The van der Waals surface area contributed by atoms with Crippen LogP contribution in [0.5, 0.6) is 0 Å². The number of amides is 1. The number of aromatic nitrogens is 2. The van der Waals surface area contributed by atoms with Crippen LogP contribution in [0.4, 0.5) is 0 Å². The van der Waals surface area contributed by atoms with E-state index < -0.39 is 0 Å². The summed E-state index contributed by atoms with van der Waals surface area (Å²) in [6, 6.07) is 0.188. The molecule has 1 aromatic rings. The van der Waals surface area contributed by atoms with Gasteiger partial charge in [0, 0.05) is 24.7 Å². The lowest BCUT2D eigenvalue weighted by Gasteiger charge is -2.26. The number of carbonyl (C=O) groups is 1. The van der Waals surface area contributed by atoms with Crippen molar-refractivity contribution in [3.63, 3.8) is 0 Å². The average Bonchev–Trinajstić information content (AvgIpc) is 3.16. The lowest BCUT2D eigenvalue weighted by atomic mass is 9.86. The Balaban J connectivity index is 1.39. The summed E-state index contributed by atoms with van der Waals surface area (Å²) in [5, 5.41) is 7.64. The van der Waals surface area contributed by atoms with Gasteiger partial charge in [-0.1, -0.05) is 6.42 Å². The molecule has 3 aliphatic rings. The fraction of sp³-hybridized carbons (Fsp3) is 0.765. The summed E-state index contributed by atoms with van der Waals surface area (Å²) in [4.78, 5) is 12.4. The van der Waals surface area contributed by atoms with E-state index in [-0.39, 0.29) is 11.9 Å². The van der Waals surface area contributed by atoms with Crippen LogP contribution in [0.1, 0.15) is 62.2 Å². The summed E-state index contributed by atoms with van der Waals surface area (Å²) in [6.45, 7) is 0. The summed E-state index contributed by atoms with van der Waals surface area (Å²) in [5.74, 6) is 2.67. The van der Waals surface area contributed by atoms with Gasteiger partial charge >= 0.3 is 0 Å². The predicted molar refractivity (Wildman–Crippen MR) is 80.6 cm³/mol. The molecule has 0 saturated heterocycles. The Labute approximate surface area is 126 Å². The zero-order valence-electron chi connectivity index (χ0n) is 12.8. The quantitative estimate of drug-likeness (QED) is 0.929. The molecule has 1 heterocycles. The molecule has 3 aliphatic carbocycles. The number of nitrogens with zero attached hydrogens (tertiary/aromatic N) is 2. The molecule has 4 unspecified atom stereocenters. The predicted octanol–water partition coefficient (Wildman–Crippen LogP) is 2.74. The third-order valence-corrected chi connectivity index (χ3v) is 6.04. The molecule has 114 valence electrons. The lowest BCUT2D eigenvalue weighted by Crippen LogP contribution is -2.32. The first kappa shape index (κ1) is 13.4. The Bertz CT molecular complexity index is 550. The van der Waals surface area contributed by atoms with Gasteiger partial charge in [-0.2, -0.15) is 5.10 Å². The highest BCUT2D eigenvalue weighted by atomic mass is 16.1. The van der Waals surface area contributed by atoms with Gasteiger partial charge in [-0.05, 0) is 56.3 Å². The highest BCUT2D eigenvalue weighted by Gasteiger charge is 2.40. The van der Waals surface area contributed by atoms with Crippen LogP contribution in [0, 0.1) is 17.8 Å². The summed E-state index contributed by atoms with van der Waals surface area (Å²) in [6.07, 6.45) is 11.4. The van der Waals surface area contributed by atoms with E-state index in [1.54, 1.807) is 0 Å². The van der Waals surface area contributed by atoms with Crippen LogP contribution in [-0.4, -0.2) is 15.7 Å². The third kappa shape index (κ3) is 2.39. The monoisotopic (exact) mass is 287 g/mol. The molecule has 1 amide bonds. The van der Waals surface area contributed by atoms with Crippen LogP contribution in [0.15, 0.2) is 6.20 Å². The lowest BCUT2D eigenvalue weighted by molar-refractivity contribution is -0.123. The highest BCUT2D eigenvalue weighted by Crippen LogP contribution is 2.49. The van der Waals surface area contributed by atoms with Gasteiger partial charge in [-0.15, -0.1) is 0 Å². The van der Waals surface area contributed by atoms with E-state index in [0.717, 1.165) is 37.5 Å². The first-order valence-corrected chi connectivity index (χ1v) is 8.51. The molecule has 4 atom stereocenters. The minimum atomic E-state index is 0.188. The molecule has 2 bridgehead atoms. The number of hydrogen-bond donors (Lipinski definition) is 1. The van der Waals surface area contributed by atoms with Crippen molar-refractivity contribution in [3.8, 4) is 0 Å². The van der Waals surface area contributed by atoms with Crippen molar-refractivity contribution in [2.45, 2.75) is 57.4 Å². The summed E-state index contributed by atoms with van der Waals surface area (Å²) < 4.78 is 1.96. The summed E-state index contributed by atoms with van der Waals surface area (Å²) >= 11 is 0. The Morgan fingerprint density at radius 2 is 2.29 bits per heavy atom. The number of nitrogens with one attached hydrogen (secondary N) is 1. The first-order chi connectivity index (χ1) is 10.2. The van der Waals surface area contributed by atoms with Gasteiger partial charge in [0.2, 0.25) is 5.91 Å². The van der Waals surface area contributed by atoms with Crippen LogP contribution >= 0.6 is 0 Å². The second-order valence-electron chi connectivity index (χ2n) is 7.32. The van der Waals surface area contributed by atoms with Crippen molar-refractivity contribution in [2.24, 2.45) is 24.8 Å². The maximum Gasteiger partial charge on any atom is 0.220 e. The second-order valence-corrected chi connectivity index (χ2v) is 7.32. The highest BCUT2D eigenvalue weighted by molar-refractivity contribution is 5.76. The molecule has 4 rings (SSSR count). The molecule has 1 aromatic heterocycles. The number of carbonyl (C=O) groups excluding carboxylic acids is 1. The van der Waals surface area contributed by atoms with Gasteiger partial charge in [0.1, 0.15) is 0 Å². The van der Waals surface area contributed by atoms with Crippen molar-refractivity contribution in [1.29, 1.82) is 0 Å². The Hall–Kier alpha value is -1.32. The van der Waals surface area contributed by atoms with Gasteiger partial charge in [0.15, 0.2) is 0 Å². The molecule has 21 heavy (non-hydrogen) atoms. The van der Waals surface area contributed by atoms with E-state index in [4.69, 9.17) is 0 Å². The van der Waals surface area contributed by atoms with E-state index in [2.05, 4.69) is 10.4 Å². The van der Waals surface area contributed by atoms with Crippen LogP contribution in [0.3, 0.4) is 0 Å². The van der Waals surface area contributed by atoms with Crippen molar-refractivity contribution in [1.82, 2.24) is 15.1 Å². The minimum Gasteiger partial charge on any atom is -0.349 e. The molecule has 0 radical (unpaired) electrons. The van der Waals surface area contributed by atoms with Gasteiger partial charge < -0.3 is 5.32 Å². The number of fused-ring (bicyclic) bond motifs is 3. The fourth-order valence-corrected chi connectivity index (χ4v) is 4.97. The molecule has 1 N–H and O–H groups in total. The Morgan fingerprint density at radius 1 is 1.38 bits per heavy atom. The average molecular weight is 287 g/mol. The Morgan fingerprint density at radius 3 is 3.05 bits per heavy atom. The van der Waals surface area contributed by atoms with E-state index >= 15 is 0 Å². The molecule has 0 aromatic carbocycles. The number of hydrogen-bond acceptors (Lipinski definition) is 2. The zero-order valence-corrected chi connectivity index (χ0v) is 12.8. The van der Waals surface area contributed by atoms with Crippen molar-refractivity contribution < 1.29 is 4.79 Å². The first-order valence-electron chi connectivity index (χ1n) is 8.51. The topological polar surface area (TPSA) is 46.9 Å². The van der Waals surface area contributed by atoms with Gasteiger partial charge in [-0.25, -0.2) is 0 Å². The van der Waals surface area contributed by atoms with Gasteiger partial charge in [0.05, 0.1) is 12.2 Å². The maximum absolute atomic E-state index is 12.4. The van der Waals surface area contributed by atoms with Crippen LogP contribution in [0.25, 0.3) is 0 Å². The maximum atomic E-state index is 12.4. The molecular formula is C17H25N3O. The van der Waals surface area contributed by atoms with Crippen molar-refractivity contribution in [2.75, 3.05) is 0 Å². The second kappa shape index (κ2) is 5.15. The molecule has 0 spiro atoms. The summed E-state index contributed by atoms with van der Waals surface area (Å²) in [5.41, 5.74) is 2.54. The zero-order chi connectivity index (χ0) is 14.4. The van der Waals surface area contributed by atoms with E-state index in [0.29, 0.717) is 5.92 Å². The molecule has 2 fully saturated rings. The molecule has 2 saturated carbocycles. The summed E-state index contributed by atoms with van der Waals surface area (Å²) in [7, 11) is 2.00. The third-order valence-electron chi connectivity index (χ3n) is 6.04. The van der Waals surface area contributed by atoms with Crippen molar-refractivity contribution in [3.05, 3.63) is 17.5 Å². The van der Waals surface area contributed by atoms with Gasteiger partial charge in [0.25, 0.3) is 0 Å². The van der Waals surface area contributed by atoms with E-state index in [1.165, 1.54) is 36.9 Å². The minimum absolute atomic E-state index is 0.188. The molecule has 4 heteroatoms. The molecule has 0 aliphatic heterocycles. The van der Waals surface area contributed by atoms with E-state index in [9.17, 15) is 4.79 Å². The fourth-order valence-electron chi connectivity index (χ4n) is 4.97. The van der Waals surface area contributed by atoms with Gasteiger partial charge in [-0.3, -0.25) is 9.48 Å². The normalized spacial score (nSPS) is 34.0. The smallest absolute Gasteiger partial charge is 0.220 e. The number of aryl methyl sites for hydroxylation is 1. The van der Waals surface area contributed by atoms with Crippen molar-refractivity contribution >= 4 is 5.91 Å². The molecule has 4 nitrogen and oxygen atoms in total. The largest absolute Gasteiger partial charge is 0.349 e. The standard InChI is InChI=1S/C17H25N3O/c1-20-16-4-2-3-15(14(16)10-18-20)19-17(21)9-13-8-11-5-6-12(13)7-11/h10-13,15H,2-9H2,1H3,(H,19,21). The SMILES string of the molecule is Cn1ncc2c1CCCC2NC(=O)CC1CC2CCC1C2. The van der Waals surface area contributed by atoms with Crippen LogP contribution in [0.2, 0.25) is 0 Å². The van der Waals surface area contributed by atoms with Crippen LogP contribution < -0.4 is 5.32 Å². The van der Waals surface area contributed by atoms with Crippen LogP contribution in [-0.2, 0) is 18.3 Å². The van der Waals surface area contributed by atoms with E-state index in [1.807, 2.05) is 17.9 Å². The number of rotatable bonds is 3. The molecular weight excluding hydrogens is 262 g/mol.